The molecule has 2 fully saturated rings. The molecule has 1 unspecified atom stereocenters. The highest BCUT2D eigenvalue weighted by atomic mass is 16.3. The lowest BCUT2D eigenvalue weighted by molar-refractivity contribution is 0.0672. The van der Waals surface area contributed by atoms with Crippen molar-refractivity contribution in [1.82, 2.24) is 15.5 Å². The number of rotatable bonds is 10. The molecular weight excluding hydrogens is 324 g/mol. The maximum Gasteiger partial charge on any atom is 0.191 e. The fourth-order valence-electron chi connectivity index (χ4n) is 3.28. The van der Waals surface area contributed by atoms with Crippen LogP contribution in [0.1, 0.15) is 45.1 Å². The van der Waals surface area contributed by atoms with E-state index in [0.717, 1.165) is 43.1 Å². The molecule has 0 spiro atoms. The molecule has 2 saturated carbocycles. The molecule has 0 amide bonds. The molecule has 0 heterocycles. The van der Waals surface area contributed by atoms with Crippen LogP contribution in [-0.2, 0) is 5.60 Å². The van der Waals surface area contributed by atoms with E-state index in [1.165, 1.54) is 32.2 Å². The van der Waals surface area contributed by atoms with E-state index in [2.05, 4.69) is 27.4 Å². The molecular formula is C21H34N4O. The van der Waals surface area contributed by atoms with Crippen LogP contribution in [0.5, 0.6) is 0 Å². The lowest BCUT2D eigenvalue weighted by Crippen LogP contribution is -2.43. The van der Waals surface area contributed by atoms with Gasteiger partial charge in [-0.1, -0.05) is 30.3 Å². The minimum atomic E-state index is -0.963. The lowest BCUT2D eigenvalue weighted by atomic mass is 9.96. The smallest absolute Gasteiger partial charge is 0.191 e. The summed E-state index contributed by atoms with van der Waals surface area (Å²) in [6.07, 6.45) is 5.55. The van der Waals surface area contributed by atoms with Crippen molar-refractivity contribution in [3.63, 3.8) is 0 Å². The van der Waals surface area contributed by atoms with E-state index in [-0.39, 0.29) is 0 Å². The van der Waals surface area contributed by atoms with E-state index in [1.807, 2.05) is 37.3 Å². The minimum absolute atomic E-state index is 0.334. The van der Waals surface area contributed by atoms with Crippen LogP contribution in [0, 0.1) is 5.92 Å². The Labute approximate surface area is 157 Å². The van der Waals surface area contributed by atoms with E-state index in [9.17, 15) is 5.11 Å². The van der Waals surface area contributed by atoms with E-state index in [1.54, 1.807) is 0 Å². The van der Waals surface area contributed by atoms with Gasteiger partial charge in [0.05, 0.1) is 6.54 Å². The molecule has 1 aromatic carbocycles. The van der Waals surface area contributed by atoms with E-state index in [0.29, 0.717) is 6.54 Å². The number of aliphatic hydroxyl groups is 1. The van der Waals surface area contributed by atoms with Gasteiger partial charge in [-0.05, 0) is 51.0 Å². The molecule has 0 aromatic heterocycles. The Bertz CT molecular complexity index is 579. The zero-order chi connectivity index (χ0) is 18.4. The number of hydrogen-bond donors (Lipinski definition) is 3. The highest BCUT2D eigenvalue weighted by Crippen LogP contribution is 2.34. The zero-order valence-corrected chi connectivity index (χ0v) is 16.2. The van der Waals surface area contributed by atoms with Crippen LogP contribution in [0.4, 0.5) is 0 Å². The summed E-state index contributed by atoms with van der Waals surface area (Å²) in [5.41, 5.74) is -0.0701. The number of benzene rings is 1. The van der Waals surface area contributed by atoms with Gasteiger partial charge in [-0.15, -0.1) is 0 Å². The first-order valence-corrected chi connectivity index (χ1v) is 10.1. The molecule has 1 atom stereocenters. The van der Waals surface area contributed by atoms with E-state index in [4.69, 9.17) is 0 Å². The average Bonchev–Trinajstić information content (AvgIpc) is 3.53. The molecule has 0 aliphatic heterocycles. The van der Waals surface area contributed by atoms with Crippen molar-refractivity contribution in [1.29, 1.82) is 0 Å². The maximum atomic E-state index is 10.7. The molecule has 144 valence electrons. The third-order valence-electron chi connectivity index (χ3n) is 5.23. The van der Waals surface area contributed by atoms with Crippen LogP contribution in [0.15, 0.2) is 35.3 Å². The van der Waals surface area contributed by atoms with Crippen molar-refractivity contribution in [3.8, 4) is 0 Å². The largest absolute Gasteiger partial charge is 0.384 e. The molecule has 3 rings (SSSR count). The topological polar surface area (TPSA) is 59.9 Å². The number of hydrogen-bond acceptors (Lipinski definition) is 3. The van der Waals surface area contributed by atoms with Crippen molar-refractivity contribution in [2.75, 3.05) is 32.7 Å². The van der Waals surface area contributed by atoms with Gasteiger partial charge in [-0.2, -0.15) is 0 Å². The van der Waals surface area contributed by atoms with Crippen LogP contribution in [-0.4, -0.2) is 54.7 Å². The quantitative estimate of drug-likeness (QED) is 0.444. The first-order chi connectivity index (χ1) is 12.6. The Hall–Kier alpha value is -1.59. The first kappa shape index (κ1) is 19.2. The normalized spacial score (nSPS) is 20.1. The van der Waals surface area contributed by atoms with Crippen molar-refractivity contribution in [3.05, 3.63) is 35.9 Å². The Morgan fingerprint density at radius 3 is 2.54 bits per heavy atom. The monoisotopic (exact) mass is 358 g/mol. The Morgan fingerprint density at radius 1 is 1.19 bits per heavy atom. The fourth-order valence-corrected chi connectivity index (χ4v) is 3.28. The summed E-state index contributed by atoms with van der Waals surface area (Å²) in [5.74, 6) is 1.73. The average molecular weight is 359 g/mol. The molecule has 0 bridgehead atoms. The Morgan fingerprint density at radius 2 is 1.92 bits per heavy atom. The van der Waals surface area contributed by atoms with Crippen molar-refractivity contribution >= 4 is 5.96 Å². The highest BCUT2D eigenvalue weighted by Gasteiger charge is 2.33. The summed E-state index contributed by atoms with van der Waals surface area (Å²) in [5, 5.41) is 17.5. The molecule has 5 nitrogen and oxygen atoms in total. The summed E-state index contributed by atoms with van der Waals surface area (Å²) in [6.45, 7) is 8.26. The van der Waals surface area contributed by atoms with Gasteiger partial charge in [0.15, 0.2) is 5.96 Å². The first-order valence-electron chi connectivity index (χ1n) is 10.1. The molecule has 5 heteroatoms. The van der Waals surface area contributed by atoms with E-state index < -0.39 is 5.60 Å². The molecule has 0 radical (unpaired) electrons. The summed E-state index contributed by atoms with van der Waals surface area (Å²) in [4.78, 5) is 7.27. The van der Waals surface area contributed by atoms with Crippen LogP contribution < -0.4 is 10.6 Å². The van der Waals surface area contributed by atoms with Crippen LogP contribution in [0.2, 0.25) is 0 Å². The molecule has 26 heavy (non-hydrogen) atoms. The molecule has 2 aliphatic rings. The Kier molecular flexibility index (Phi) is 6.54. The maximum absolute atomic E-state index is 10.7. The van der Waals surface area contributed by atoms with Gasteiger partial charge in [0.1, 0.15) is 5.60 Å². The number of aliphatic imine (C=N–C) groups is 1. The number of nitrogens with zero attached hydrogens (tertiary/aromatic N) is 2. The van der Waals surface area contributed by atoms with Crippen LogP contribution in [0.25, 0.3) is 0 Å². The summed E-state index contributed by atoms with van der Waals surface area (Å²) in [7, 11) is 0. The standard InChI is InChI=1S/C21H34N4O/c1-3-22-20(24-16-21(2,26)18-7-5-4-6-8-18)23-13-14-25(19-11-12-19)15-17-9-10-17/h4-8,17,19,26H,3,9-16H2,1-2H3,(H2,22,23,24). The van der Waals surface area contributed by atoms with Gasteiger partial charge in [-0.3, -0.25) is 4.90 Å². The molecule has 3 N–H and O–H groups in total. The van der Waals surface area contributed by atoms with Gasteiger partial charge >= 0.3 is 0 Å². The molecule has 1 aromatic rings. The highest BCUT2D eigenvalue weighted by molar-refractivity contribution is 5.79. The van der Waals surface area contributed by atoms with Gasteiger partial charge < -0.3 is 15.7 Å². The predicted molar refractivity (Wildman–Crippen MR) is 107 cm³/mol. The summed E-state index contributed by atoms with van der Waals surface area (Å²) in [6, 6.07) is 10.6. The molecule has 0 saturated heterocycles. The number of guanidine groups is 1. The van der Waals surface area contributed by atoms with Crippen molar-refractivity contribution < 1.29 is 5.11 Å². The van der Waals surface area contributed by atoms with Gasteiger partial charge in [0.2, 0.25) is 0 Å². The number of nitrogens with one attached hydrogen (secondary N) is 2. The summed E-state index contributed by atoms with van der Waals surface area (Å²) < 4.78 is 0. The predicted octanol–water partition coefficient (Wildman–Crippen LogP) is 2.32. The second-order valence-corrected chi connectivity index (χ2v) is 7.93. The van der Waals surface area contributed by atoms with Crippen molar-refractivity contribution in [2.45, 2.75) is 51.2 Å². The SMILES string of the molecule is CCNC(=NCC(C)(O)c1ccccc1)NCCN(CC1CC1)C1CC1. The minimum Gasteiger partial charge on any atom is -0.384 e. The Balaban J connectivity index is 1.50. The second kappa shape index (κ2) is 8.87. The van der Waals surface area contributed by atoms with Crippen molar-refractivity contribution in [2.24, 2.45) is 10.9 Å². The second-order valence-electron chi connectivity index (χ2n) is 7.93. The van der Waals surface area contributed by atoms with Crippen LogP contribution in [0.3, 0.4) is 0 Å². The zero-order valence-electron chi connectivity index (χ0n) is 16.2. The van der Waals surface area contributed by atoms with E-state index >= 15 is 0 Å². The lowest BCUT2D eigenvalue weighted by Gasteiger charge is -2.24. The van der Waals surface area contributed by atoms with Crippen LogP contribution >= 0.6 is 0 Å². The van der Waals surface area contributed by atoms with Gasteiger partial charge in [0, 0.05) is 32.2 Å². The van der Waals surface area contributed by atoms with Gasteiger partial charge in [-0.25, -0.2) is 4.99 Å². The fraction of sp³-hybridized carbons (Fsp3) is 0.667. The third kappa shape index (κ3) is 5.99. The summed E-state index contributed by atoms with van der Waals surface area (Å²) >= 11 is 0. The molecule has 2 aliphatic carbocycles. The van der Waals surface area contributed by atoms with Gasteiger partial charge in [0.25, 0.3) is 0 Å². The third-order valence-corrected chi connectivity index (χ3v) is 5.23.